The van der Waals surface area contributed by atoms with Crippen LogP contribution < -0.4 is 14.9 Å². The van der Waals surface area contributed by atoms with Gasteiger partial charge >= 0.3 is 5.97 Å². The van der Waals surface area contributed by atoms with Crippen molar-refractivity contribution in [1.82, 2.24) is 5.43 Å². The molecule has 0 saturated carbocycles. The maximum atomic E-state index is 12.2. The summed E-state index contributed by atoms with van der Waals surface area (Å²) in [5.41, 5.74) is 4.62. The number of carbonyl (C=O) groups excluding carboxylic acids is 2. The van der Waals surface area contributed by atoms with Crippen LogP contribution in [0.4, 0.5) is 0 Å². The smallest absolute Gasteiger partial charge is 0.344 e. The van der Waals surface area contributed by atoms with E-state index in [1.807, 2.05) is 37.3 Å². The van der Waals surface area contributed by atoms with Crippen LogP contribution in [0, 0.1) is 10.5 Å². The standard InChI is InChI=1S/C23H19IN2O4/c1-16-6-2-5-9-21(16)29-15-22(27)26-25-14-17-10-12-18(13-11-17)30-23(28)19-7-3-4-8-20(19)24/h2-14H,15H2,1H3,(H,26,27)/b25-14+. The summed E-state index contributed by atoms with van der Waals surface area (Å²) in [5, 5.41) is 3.91. The molecule has 0 aliphatic carbocycles. The first-order chi connectivity index (χ1) is 14.5. The van der Waals surface area contributed by atoms with E-state index in [1.54, 1.807) is 42.5 Å². The highest BCUT2D eigenvalue weighted by Crippen LogP contribution is 2.17. The number of rotatable bonds is 7. The van der Waals surface area contributed by atoms with E-state index in [-0.39, 0.29) is 12.5 Å². The minimum atomic E-state index is -0.415. The van der Waals surface area contributed by atoms with Crippen molar-refractivity contribution in [3.8, 4) is 11.5 Å². The number of halogens is 1. The monoisotopic (exact) mass is 514 g/mol. The summed E-state index contributed by atoms with van der Waals surface area (Å²) >= 11 is 2.09. The Morgan fingerprint density at radius 3 is 2.43 bits per heavy atom. The number of benzene rings is 3. The molecule has 0 aliphatic rings. The fourth-order valence-electron chi connectivity index (χ4n) is 2.48. The molecule has 3 aromatic rings. The topological polar surface area (TPSA) is 77.0 Å². The van der Waals surface area contributed by atoms with Gasteiger partial charge in [-0.2, -0.15) is 5.10 Å². The van der Waals surface area contributed by atoms with Gasteiger partial charge in [-0.25, -0.2) is 10.2 Å². The van der Waals surface area contributed by atoms with E-state index in [0.717, 1.165) is 14.7 Å². The van der Waals surface area contributed by atoms with Crippen LogP contribution in [0.3, 0.4) is 0 Å². The molecule has 0 aromatic heterocycles. The second-order valence-corrected chi connectivity index (χ2v) is 7.45. The molecule has 0 unspecified atom stereocenters. The quantitative estimate of drug-likeness (QED) is 0.167. The van der Waals surface area contributed by atoms with E-state index in [0.29, 0.717) is 17.1 Å². The van der Waals surface area contributed by atoms with Gasteiger partial charge in [0.05, 0.1) is 11.8 Å². The summed E-state index contributed by atoms with van der Waals surface area (Å²) in [4.78, 5) is 24.1. The van der Waals surface area contributed by atoms with Crippen molar-refractivity contribution >= 4 is 40.7 Å². The van der Waals surface area contributed by atoms with Crippen LogP contribution in [0.15, 0.2) is 77.9 Å². The van der Waals surface area contributed by atoms with Crippen molar-refractivity contribution in [2.45, 2.75) is 6.92 Å². The van der Waals surface area contributed by atoms with E-state index in [1.165, 1.54) is 6.21 Å². The minimum absolute atomic E-state index is 0.130. The highest BCUT2D eigenvalue weighted by molar-refractivity contribution is 14.1. The molecule has 3 aromatic carbocycles. The molecule has 0 spiro atoms. The maximum Gasteiger partial charge on any atom is 0.344 e. The lowest BCUT2D eigenvalue weighted by atomic mass is 10.2. The third-order valence-corrected chi connectivity index (χ3v) is 4.98. The van der Waals surface area contributed by atoms with Crippen molar-refractivity contribution in [3.05, 3.63) is 93.1 Å². The number of nitrogens with zero attached hydrogens (tertiary/aromatic N) is 1. The average Bonchev–Trinajstić information content (AvgIpc) is 2.74. The number of esters is 1. The zero-order valence-corrected chi connectivity index (χ0v) is 18.3. The minimum Gasteiger partial charge on any atom is -0.483 e. The number of hydrazone groups is 1. The van der Waals surface area contributed by atoms with Crippen LogP contribution in [0.5, 0.6) is 11.5 Å². The summed E-state index contributed by atoms with van der Waals surface area (Å²) in [6, 6.07) is 21.5. The van der Waals surface area contributed by atoms with Gasteiger partial charge in [-0.1, -0.05) is 30.3 Å². The molecule has 0 radical (unpaired) electrons. The Kier molecular flexibility index (Phi) is 7.56. The van der Waals surface area contributed by atoms with Crippen molar-refractivity contribution in [1.29, 1.82) is 0 Å². The zero-order chi connectivity index (χ0) is 21.3. The number of amides is 1. The predicted octanol–water partition coefficient (Wildman–Crippen LogP) is 4.35. The van der Waals surface area contributed by atoms with Crippen LogP contribution in [0.1, 0.15) is 21.5 Å². The Morgan fingerprint density at radius 1 is 1.00 bits per heavy atom. The van der Waals surface area contributed by atoms with Crippen molar-refractivity contribution in [2.24, 2.45) is 5.10 Å². The maximum absolute atomic E-state index is 12.2. The van der Waals surface area contributed by atoms with Gasteiger partial charge < -0.3 is 9.47 Å². The van der Waals surface area contributed by atoms with E-state index in [9.17, 15) is 9.59 Å². The van der Waals surface area contributed by atoms with Crippen molar-refractivity contribution in [3.63, 3.8) is 0 Å². The highest BCUT2D eigenvalue weighted by Gasteiger charge is 2.11. The highest BCUT2D eigenvalue weighted by atomic mass is 127. The SMILES string of the molecule is Cc1ccccc1OCC(=O)N/N=C/c1ccc(OC(=O)c2ccccc2I)cc1. The molecule has 3 rings (SSSR count). The van der Waals surface area contributed by atoms with Gasteiger partial charge in [0.2, 0.25) is 0 Å². The fourth-order valence-corrected chi connectivity index (χ4v) is 3.09. The van der Waals surface area contributed by atoms with E-state index in [4.69, 9.17) is 9.47 Å². The molecule has 0 atom stereocenters. The molecular formula is C23H19IN2O4. The molecule has 1 amide bonds. The Labute approximate surface area is 188 Å². The summed E-state index contributed by atoms with van der Waals surface area (Å²) in [6.45, 7) is 1.78. The zero-order valence-electron chi connectivity index (χ0n) is 16.2. The lowest BCUT2D eigenvalue weighted by Gasteiger charge is -2.07. The van der Waals surface area contributed by atoms with Gasteiger partial charge in [0.1, 0.15) is 11.5 Å². The van der Waals surface area contributed by atoms with E-state index < -0.39 is 5.97 Å². The molecule has 0 aliphatic heterocycles. The lowest BCUT2D eigenvalue weighted by molar-refractivity contribution is -0.123. The van der Waals surface area contributed by atoms with Gasteiger partial charge in [-0.05, 0) is 83.1 Å². The first-order valence-corrected chi connectivity index (χ1v) is 10.2. The number of hydrogen-bond donors (Lipinski definition) is 1. The molecule has 0 heterocycles. The van der Waals surface area contributed by atoms with Crippen LogP contribution in [-0.4, -0.2) is 24.7 Å². The summed E-state index contributed by atoms with van der Waals surface area (Å²) in [7, 11) is 0. The second-order valence-electron chi connectivity index (χ2n) is 6.29. The summed E-state index contributed by atoms with van der Waals surface area (Å²) in [5.74, 6) is 0.305. The van der Waals surface area contributed by atoms with Crippen molar-refractivity contribution < 1.29 is 19.1 Å². The van der Waals surface area contributed by atoms with Gasteiger partial charge in [0.15, 0.2) is 6.61 Å². The molecule has 0 saturated heterocycles. The average molecular weight is 514 g/mol. The molecule has 152 valence electrons. The third-order valence-electron chi connectivity index (χ3n) is 4.04. The molecule has 7 heteroatoms. The summed E-state index contributed by atoms with van der Waals surface area (Å²) < 4.78 is 11.7. The number of hydrogen-bond acceptors (Lipinski definition) is 5. The third kappa shape index (κ3) is 6.15. The van der Waals surface area contributed by atoms with Crippen molar-refractivity contribution in [2.75, 3.05) is 6.61 Å². The van der Waals surface area contributed by atoms with Gasteiger partial charge in [-0.3, -0.25) is 4.79 Å². The molecule has 30 heavy (non-hydrogen) atoms. The molecule has 6 nitrogen and oxygen atoms in total. The number of aryl methyl sites for hydroxylation is 1. The first-order valence-electron chi connectivity index (χ1n) is 9.10. The van der Waals surface area contributed by atoms with Crippen LogP contribution in [0.2, 0.25) is 0 Å². The van der Waals surface area contributed by atoms with Gasteiger partial charge in [0.25, 0.3) is 5.91 Å². The Balaban J connectivity index is 1.48. The number of para-hydroxylation sites is 1. The number of carbonyl (C=O) groups is 2. The van der Waals surface area contributed by atoms with Crippen LogP contribution >= 0.6 is 22.6 Å². The van der Waals surface area contributed by atoms with E-state index >= 15 is 0 Å². The predicted molar refractivity (Wildman–Crippen MR) is 123 cm³/mol. The largest absolute Gasteiger partial charge is 0.483 e. The van der Waals surface area contributed by atoms with Crippen LogP contribution in [-0.2, 0) is 4.79 Å². The Bertz CT molecular complexity index is 1060. The van der Waals surface area contributed by atoms with E-state index in [2.05, 4.69) is 33.1 Å². The van der Waals surface area contributed by atoms with Gasteiger partial charge in [0, 0.05) is 3.57 Å². The Morgan fingerprint density at radius 2 is 1.70 bits per heavy atom. The molecule has 1 N–H and O–H groups in total. The normalized spacial score (nSPS) is 10.6. The molecule has 0 fully saturated rings. The first kappa shape index (κ1) is 21.5. The Hall–Kier alpha value is -3.20. The molecular weight excluding hydrogens is 495 g/mol. The number of nitrogens with one attached hydrogen (secondary N) is 1. The summed E-state index contributed by atoms with van der Waals surface area (Å²) in [6.07, 6.45) is 1.50. The number of ether oxygens (including phenoxy) is 2. The lowest BCUT2D eigenvalue weighted by Crippen LogP contribution is -2.24. The second kappa shape index (κ2) is 10.5. The van der Waals surface area contributed by atoms with Crippen LogP contribution in [0.25, 0.3) is 0 Å². The molecule has 0 bridgehead atoms. The van der Waals surface area contributed by atoms with Gasteiger partial charge in [-0.15, -0.1) is 0 Å². The fraction of sp³-hybridized carbons (Fsp3) is 0.0870.